The minimum Gasteiger partial charge on any atom is -0.393 e. The third kappa shape index (κ3) is 2.95. The molecule has 0 bridgehead atoms. The molecule has 4 heteroatoms. The van der Waals surface area contributed by atoms with Gasteiger partial charge in [-0.05, 0) is 50.0 Å². The lowest BCUT2D eigenvalue weighted by atomic mass is 9.71. The van der Waals surface area contributed by atoms with E-state index in [1.54, 1.807) is 11.3 Å². The molecule has 1 saturated heterocycles. The van der Waals surface area contributed by atoms with E-state index >= 15 is 0 Å². The summed E-state index contributed by atoms with van der Waals surface area (Å²) >= 11 is 1.74. The Morgan fingerprint density at radius 3 is 2.55 bits per heavy atom. The Balaban J connectivity index is 1.76. The molecule has 0 aromatic carbocycles. The van der Waals surface area contributed by atoms with E-state index in [0.29, 0.717) is 11.8 Å². The molecule has 1 aromatic rings. The van der Waals surface area contributed by atoms with Crippen molar-refractivity contribution in [3.05, 3.63) is 22.4 Å². The number of hydrogen-bond acceptors (Lipinski definition) is 3. The molecule has 22 heavy (non-hydrogen) atoms. The van der Waals surface area contributed by atoms with Crippen molar-refractivity contribution in [1.82, 2.24) is 4.90 Å². The van der Waals surface area contributed by atoms with Gasteiger partial charge in [-0.1, -0.05) is 25.3 Å². The number of aliphatic hydroxyl groups is 1. The van der Waals surface area contributed by atoms with E-state index in [-0.39, 0.29) is 11.5 Å². The summed E-state index contributed by atoms with van der Waals surface area (Å²) in [6, 6.07) is 4.22. The third-order valence-electron chi connectivity index (χ3n) is 5.62. The molecular weight excluding hydrogens is 294 g/mol. The van der Waals surface area contributed by atoms with E-state index in [2.05, 4.69) is 22.4 Å². The SMILES string of the molecule is CC(O)C1CCN(C(=O)C2(c3cccs3)CCCCC2)CC1. The number of aliphatic hydroxyl groups excluding tert-OH is 1. The Kier molecular flexibility index (Phi) is 4.88. The number of amides is 1. The fraction of sp³-hybridized carbons (Fsp3) is 0.722. The number of carbonyl (C=O) groups is 1. The first-order chi connectivity index (χ1) is 10.6. The zero-order valence-corrected chi connectivity index (χ0v) is 14.3. The monoisotopic (exact) mass is 321 g/mol. The summed E-state index contributed by atoms with van der Waals surface area (Å²) in [6.45, 7) is 3.49. The van der Waals surface area contributed by atoms with Crippen molar-refractivity contribution in [2.75, 3.05) is 13.1 Å². The number of hydrogen-bond donors (Lipinski definition) is 1. The lowest BCUT2D eigenvalue weighted by Gasteiger charge is -2.42. The quantitative estimate of drug-likeness (QED) is 0.924. The number of rotatable bonds is 3. The summed E-state index contributed by atoms with van der Waals surface area (Å²) in [4.78, 5) is 16.7. The van der Waals surface area contributed by atoms with Crippen LogP contribution < -0.4 is 0 Å². The van der Waals surface area contributed by atoms with E-state index in [4.69, 9.17) is 0 Å². The molecule has 0 radical (unpaired) electrons. The third-order valence-corrected chi connectivity index (χ3v) is 6.69. The molecule has 1 aliphatic carbocycles. The maximum Gasteiger partial charge on any atom is 0.234 e. The van der Waals surface area contributed by atoms with Crippen LogP contribution in [0.25, 0.3) is 0 Å². The Labute approximate surface area is 137 Å². The maximum atomic E-state index is 13.3. The average Bonchev–Trinajstić information content (AvgIpc) is 3.10. The van der Waals surface area contributed by atoms with Crippen molar-refractivity contribution < 1.29 is 9.90 Å². The van der Waals surface area contributed by atoms with Crippen LogP contribution >= 0.6 is 11.3 Å². The van der Waals surface area contributed by atoms with Crippen LogP contribution in [0.3, 0.4) is 0 Å². The molecule has 0 spiro atoms. The summed E-state index contributed by atoms with van der Waals surface area (Å²) in [5, 5.41) is 11.8. The minimum absolute atomic E-state index is 0.252. The molecule has 3 nitrogen and oxygen atoms in total. The van der Waals surface area contributed by atoms with Gasteiger partial charge in [0.2, 0.25) is 5.91 Å². The van der Waals surface area contributed by atoms with E-state index in [9.17, 15) is 9.90 Å². The van der Waals surface area contributed by atoms with E-state index in [0.717, 1.165) is 51.6 Å². The van der Waals surface area contributed by atoms with Gasteiger partial charge < -0.3 is 10.0 Å². The number of thiophene rings is 1. The van der Waals surface area contributed by atoms with Gasteiger partial charge in [0.25, 0.3) is 0 Å². The molecule has 1 unspecified atom stereocenters. The molecule has 1 atom stereocenters. The zero-order chi connectivity index (χ0) is 15.6. The predicted octanol–water partition coefficient (Wildman–Crippen LogP) is 3.57. The van der Waals surface area contributed by atoms with Gasteiger partial charge in [0.15, 0.2) is 0 Å². The van der Waals surface area contributed by atoms with Gasteiger partial charge in [-0.15, -0.1) is 11.3 Å². The molecule has 2 heterocycles. The van der Waals surface area contributed by atoms with Crippen LogP contribution in [0.4, 0.5) is 0 Å². The molecule has 1 saturated carbocycles. The van der Waals surface area contributed by atoms with Crippen molar-refractivity contribution in [2.45, 2.75) is 63.4 Å². The van der Waals surface area contributed by atoms with Crippen molar-refractivity contribution >= 4 is 17.2 Å². The van der Waals surface area contributed by atoms with E-state index in [1.807, 2.05) is 6.92 Å². The van der Waals surface area contributed by atoms with Crippen molar-refractivity contribution in [3.8, 4) is 0 Å². The standard InChI is InChI=1S/C18H27NO2S/c1-14(20)15-7-11-19(12-8-15)17(21)18(9-3-2-4-10-18)16-6-5-13-22-16/h5-6,13-15,20H,2-4,7-12H2,1H3. The summed E-state index contributed by atoms with van der Waals surface area (Å²) in [7, 11) is 0. The Hall–Kier alpha value is -0.870. The molecule has 122 valence electrons. The van der Waals surface area contributed by atoms with Crippen molar-refractivity contribution in [3.63, 3.8) is 0 Å². The van der Waals surface area contributed by atoms with Crippen molar-refractivity contribution in [1.29, 1.82) is 0 Å². The lowest BCUT2D eigenvalue weighted by molar-refractivity contribution is -0.140. The predicted molar refractivity (Wildman–Crippen MR) is 90.1 cm³/mol. The van der Waals surface area contributed by atoms with E-state index in [1.165, 1.54) is 11.3 Å². The van der Waals surface area contributed by atoms with Crippen LogP contribution in [-0.2, 0) is 10.2 Å². The van der Waals surface area contributed by atoms with Gasteiger partial charge in [-0.2, -0.15) is 0 Å². The summed E-state index contributed by atoms with van der Waals surface area (Å²) in [5.74, 6) is 0.701. The first kappa shape index (κ1) is 16.0. The van der Waals surface area contributed by atoms with Crippen LogP contribution in [-0.4, -0.2) is 35.1 Å². The van der Waals surface area contributed by atoms with Crippen molar-refractivity contribution in [2.24, 2.45) is 5.92 Å². The highest BCUT2D eigenvalue weighted by Gasteiger charge is 2.44. The minimum atomic E-state index is -0.260. The average molecular weight is 321 g/mol. The number of piperidine rings is 1. The summed E-state index contributed by atoms with van der Waals surface area (Å²) < 4.78 is 0. The molecule has 2 fully saturated rings. The Morgan fingerprint density at radius 2 is 2.00 bits per heavy atom. The molecule has 1 N–H and O–H groups in total. The lowest BCUT2D eigenvalue weighted by Crippen LogP contribution is -2.50. The van der Waals surface area contributed by atoms with Gasteiger partial charge in [0.1, 0.15) is 0 Å². The molecular formula is C18H27NO2S. The largest absolute Gasteiger partial charge is 0.393 e. The van der Waals surface area contributed by atoms with E-state index < -0.39 is 0 Å². The highest BCUT2D eigenvalue weighted by Crippen LogP contribution is 2.43. The van der Waals surface area contributed by atoms with Gasteiger partial charge in [-0.3, -0.25) is 4.79 Å². The first-order valence-corrected chi connectivity index (χ1v) is 9.53. The molecule has 3 rings (SSSR count). The van der Waals surface area contributed by atoms with Gasteiger partial charge in [0, 0.05) is 18.0 Å². The van der Waals surface area contributed by atoms with Crippen LogP contribution in [0.1, 0.15) is 56.7 Å². The number of nitrogens with zero attached hydrogens (tertiary/aromatic N) is 1. The van der Waals surface area contributed by atoms with Gasteiger partial charge in [0.05, 0.1) is 11.5 Å². The molecule has 1 aliphatic heterocycles. The second-order valence-corrected chi connectivity index (χ2v) is 7.94. The van der Waals surface area contributed by atoms with Crippen LogP contribution in [0.5, 0.6) is 0 Å². The highest BCUT2D eigenvalue weighted by atomic mass is 32.1. The topological polar surface area (TPSA) is 40.5 Å². The van der Waals surface area contributed by atoms with Crippen LogP contribution in [0.15, 0.2) is 17.5 Å². The second-order valence-electron chi connectivity index (χ2n) is 6.99. The Morgan fingerprint density at radius 1 is 1.32 bits per heavy atom. The van der Waals surface area contributed by atoms with Crippen LogP contribution in [0, 0.1) is 5.92 Å². The maximum absolute atomic E-state index is 13.3. The normalized spacial score (nSPS) is 24.2. The summed E-state index contributed by atoms with van der Waals surface area (Å²) in [5.41, 5.74) is -0.260. The molecule has 1 amide bonds. The second kappa shape index (κ2) is 6.71. The van der Waals surface area contributed by atoms with Crippen LogP contribution in [0.2, 0.25) is 0 Å². The zero-order valence-electron chi connectivity index (χ0n) is 13.5. The fourth-order valence-electron chi connectivity index (χ4n) is 4.16. The molecule has 1 aromatic heterocycles. The fourth-order valence-corrected chi connectivity index (χ4v) is 5.14. The smallest absolute Gasteiger partial charge is 0.234 e. The van der Waals surface area contributed by atoms with Gasteiger partial charge in [-0.25, -0.2) is 0 Å². The number of carbonyl (C=O) groups excluding carboxylic acids is 1. The number of likely N-dealkylation sites (tertiary alicyclic amines) is 1. The summed E-state index contributed by atoms with van der Waals surface area (Å²) in [6.07, 6.45) is 7.20. The van der Waals surface area contributed by atoms with Gasteiger partial charge >= 0.3 is 0 Å². The first-order valence-electron chi connectivity index (χ1n) is 8.65. The highest BCUT2D eigenvalue weighted by molar-refractivity contribution is 7.10. The molecule has 2 aliphatic rings. The Bertz CT molecular complexity index is 483.